The molecule has 1 saturated heterocycles. The van der Waals surface area contributed by atoms with E-state index < -0.39 is 6.04 Å². The molecule has 7 heteroatoms. The molecule has 1 aromatic heterocycles. The Balaban J connectivity index is 1.66. The highest BCUT2D eigenvalue weighted by molar-refractivity contribution is 5.94. The van der Waals surface area contributed by atoms with Crippen LogP contribution >= 0.6 is 0 Å². The predicted octanol–water partition coefficient (Wildman–Crippen LogP) is 1.52. The van der Waals surface area contributed by atoms with Gasteiger partial charge in [0.05, 0.1) is 0 Å². The Kier molecular flexibility index (Phi) is 4.83. The van der Waals surface area contributed by atoms with Crippen LogP contribution in [0.1, 0.15) is 35.8 Å². The quantitative estimate of drug-likeness (QED) is 0.849. The second-order valence-corrected chi connectivity index (χ2v) is 6.55. The Morgan fingerprint density at radius 1 is 1.28 bits per heavy atom. The second-order valence-electron chi connectivity index (χ2n) is 6.55. The minimum Gasteiger partial charge on any atom is -0.335 e. The summed E-state index contributed by atoms with van der Waals surface area (Å²) in [6.07, 6.45) is 2.97. The number of carbonyl (C=O) groups excluding carboxylic acids is 2. The van der Waals surface area contributed by atoms with E-state index in [1.807, 2.05) is 54.8 Å². The number of nitrogens with zero attached hydrogens (tertiary/aromatic N) is 5. The van der Waals surface area contributed by atoms with Crippen LogP contribution < -0.4 is 0 Å². The highest BCUT2D eigenvalue weighted by Gasteiger charge is 2.32. The molecule has 1 aliphatic rings. The van der Waals surface area contributed by atoms with E-state index in [2.05, 4.69) is 10.1 Å². The highest BCUT2D eigenvalue weighted by atomic mass is 16.2. The number of piperazine rings is 1. The van der Waals surface area contributed by atoms with Crippen molar-refractivity contribution in [1.82, 2.24) is 24.6 Å². The molecule has 132 valence electrons. The molecule has 1 fully saturated rings. The molecule has 1 aliphatic heterocycles. The lowest BCUT2D eigenvalue weighted by Crippen LogP contribution is -2.56. The van der Waals surface area contributed by atoms with Crippen LogP contribution in [0.25, 0.3) is 0 Å². The summed E-state index contributed by atoms with van der Waals surface area (Å²) in [7, 11) is 0. The van der Waals surface area contributed by atoms with Crippen LogP contribution in [0, 0.1) is 6.92 Å². The minimum absolute atomic E-state index is 0.000606. The lowest BCUT2D eigenvalue weighted by molar-refractivity contribution is -0.138. The largest absolute Gasteiger partial charge is 0.335 e. The molecule has 2 unspecified atom stereocenters. The van der Waals surface area contributed by atoms with Crippen LogP contribution in [0.15, 0.2) is 36.9 Å². The molecule has 0 N–H and O–H groups in total. The van der Waals surface area contributed by atoms with Gasteiger partial charge >= 0.3 is 0 Å². The zero-order valence-electron chi connectivity index (χ0n) is 14.8. The summed E-state index contributed by atoms with van der Waals surface area (Å²) in [4.78, 5) is 33.0. The zero-order chi connectivity index (χ0) is 18.0. The van der Waals surface area contributed by atoms with Crippen molar-refractivity contribution in [3.8, 4) is 0 Å². The fourth-order valence-electron chi connectivity index (χ4n) is 3.20. The summed E-state index contributed by atoms with van der Waals surface area (Å²) in [5.41, 5.74) is 1.76. The number of hydrogen-bond acceptors (Lipinski definition) is 4. The molecule has 2 atom stereocenters. The van der Waals surface area contributed by atoms with Gasteiger partial charge in [-0.1, -0.05) is 17.7 Å². The van der Waals surface area contributed by atoms with Gasteiger partial charge in [0.2, 0.25) is 5.91 Å². The van der Waals surface area contributed by atoms with Gasteiger partial charge in [0, 0.05) is 31.2 Å². The van der Waals surface area contributed by atoms with Gasteiger partial charge in [-0.2, -0.15) is 5.10 Å². The van der Waals surface area contributed by atoms with Crippen LogP contribution in [0.2, 0.25) is 0 Å². The fraction of sp³-hybridized carbons (Fsp3) is 0.444. The number of benzene rings is 1. The van der Waals surface area contributed by atoms with Gasteiger partial charge in [-0.25, -0.2) is 9.67 Å². The minimum atomic E-state index is -0.399. The van der Waals surface area contributed by atoms with Crippen LogP contribution in [-0.4, -0.2) is 62.1 Å². The van der Waals surface area contributed by atoms with Crippen molar-refractivity contribution in [3.05, 3.63) is 48.0 Å². The maximum absolute atomic E-state index is 12.7. The van der Waals surface area contributed by atoms with E-state index >= 15 is 0 Å². The normalized spacial score (nSPS) is 18.9. The van der Waals surface area contributed by atoms with Gasteiger partial charge in [-0.05, 0) is 32.9 Å². The van der Waals surface area contributed by atoms with E-state index in [1.54, 1.807) is 11.0 Å². The number of hydrogen-bond donors (Lipinski definition) is 0. The molecule has 7 nitrogen and oxygen atoms in total. The summed E-state index contributed by atoms with van der Waals surface area (Å²) in [6, 6.07) is 7.17. The molecule has 25 heavy (non-hydrogen) atoms. The molecule has 2 amide bonds. The van der Waals surface area contributed by atoms with Crippen molar-refractivity contribution in [2.45, 2.75) is 32.9 Å². The third-order valence-electron chi connectivity index (χ3n) is 4.65. The van der Waals surface area contributed by atoms with Gasteiger partial charge in [0.1, 0.15) is 18.7 Å². The van der Waals surface area contributed by atoms with E-state index in [-0.39, 0.29) is 17.9 Å². The molecule has 0 saturated carbocycles. The Morgan fingerprint density at radius 3 is 2.72 bits per heavy atom. The second kappa shape index (κ2) is 7.04. The summed E-state index contributed by atoms with van der Waals surface area (Å²) in [5.74, 6) is 0.0210. The monoisotopic (exact) mass is 341 g/mol. The van der Waals surface area contributed by atoms with Crippen molar-refractivity contribution in [2.75, 3.05) is 19.6 Å². The third-order valence-corrected chi connectivity index (χ3v) is 4.65. The molecule has 0 radical (unpaired) electrons. The Bertz CT molecular complexity index is 759. The van der Waals surface area contributed by atoms with Crippen LogP contribution in [0.4, 0.5) is 0 Å². The van der Waals surface area contributed by atoms with E-state index in [0.717, 1.165) is 5.56 Å². The van der Waals surface area contributed by atoms with E-state index in [9.17, 15) is 9.59 Å². The maximum Gasteiger partial charge on any atom is 0.253 e. The molecule has 0 spiro atoms. The standard InChI is InChI=1S/C18H23N5O2/c1-13-5-4-6-16(9-13)18(25)21-7-8-22(14(2)10-21)17(24)15(3)23-12-19-11-20-23/h4-6,9,11-12,14-15H,7-8,10H2,1-3H3. The van der Waals surface area contributed by atoms with Gasteiger partial charge in [0.25, 0.3) is 5.91 Å². The SMILES string of the molecule is Cc1cccc(C(=O)N2CCN(C(=O)C(C)n3cncn3)C(C)C2)c1. The van der Waals surface area contributed by atoms with Gasteiger partial charge in [-0.3, -0.25) is 9.59 Å². The molecule has 2 heterocycles. The maximum atomic E-state index is 12.7. The summed E-state index contributed by atoms with van der Waals surface area (Å²) >= 11 is 0. The molecule has 1 aromatic carbocycles. The lowest BCUT2D eigenvalue weighted by Gasteiger charge is -2.40. The van der Waals surface area contributed by atoms with Gasteiger partial charge in [0.15, 0.2) is 0 Å². The number of aryl methyl sites for hydroxylation is 1. The van der Waals surface area contributed by atoms with Gasteiger partial charge < -0.3 is 9.80 Å². The zero-order valence-corrected chi connectivity index (χ0v) is 14.8. The molecular weight excluding hydrogens is 318 g/mol. The smallest absolute Gasteiger partial charge is 0.253 e. The number of rotatable bonds is 3. The summed E-state index contributed by atoms with van der Waals surface area (Å²) in [6.45, 7) is 7.35. The molecule has 2 aromatic rings. The van der Waals surface area contributed by atoms with E-state index in [0.29, 0.717) is 25.2 Å². The van der Waals surface area contributed by atoms with Crippen molar-refractivity contribution in [3.63, 3.8) is 0 Å². The molecule has 0 aliphatic carbocycles. The van der Waals surface area contributed by atoms with Crippen molar-refractivity contribution in [1.29, 1.82) is 0 Å². The van der Waals surface area contributed by atoms with Crippen LogP contribution in [0.5, 0.6) is 0 Å². The van der Waals surface area contributed by atoms with Crippen molar-refractivity contribution in [2.24, 2.45) is 0 Å². The highest BCUT2D eigenvalue weighted by Crippen LogP contribution is 2.18. The Hall–Kier alpha value is -2.70. The van der Waals surface area contributed by atoms with Crippen LogP contribution in [0.3, 0.4) is 0 Å². The number of aromatic nitrogens is 3. The van der Waals surface area contributed by atoms with E-state index in [4.69, 9.17) is 0 Å². The first-order valence-corrected chi connectivity index (χ1v) is 8.48. The topological polar surface area (TPSA) is 71.3 Å². The van der Waals surface area contributed by atoms with Crippen LogP contribution in [-0.2, 0) is 4.79 Å². The Morgan fingerprint density at radius 2 is 2.08 bits per heavy atom. The third kappa shape index (κ3) is 3.55. The predicted molar refractivity (Wildman–Crippen MR) is 93.0 cm³/mol. The Labute approximate surface area is 147 Å². The summed E-state index contributed by atoms with van der Waals surface area (Å²) < 4.78 is 1.55. The molecule has 3 rings (SSSR count). The van der Waals surface area contributed by atoms with Gasteiger partial charge in [-0.15, -0.1) is 0 Å². The average Bonchev–Trinajstić information content (AvgIpc) is 3.14. The number of amides is 2. The lowest BCUT2D eigenvalue weighted by atomic mass is 10.1. The molecular formula is C18H23N5O2. The first kappa shape index (κ1) is 17.1. The molecule has 0 bridgehead atoms. The van der Waals surface area contributed by atoms with Crippen molar-refractivity contribution >= 4 is 11.8 Å². The summed E-state index contributed by atoms with van der Waals surface area (Å²) in [5, 5.41) is 4.04. The first-order valence-electron chi connectivity index (χ1n) is 8.48. The average molecular weight is 341 g/mol. The number of carbonyl (C=O) groups is 2. The first-order chi connectivity index (χ1) is 12.0. The van der Waals surface area contributed by atoms with E-state index in [1.165, 1.54) is 6.33 Å². The fourth-order valence-corrected chi connectivity index (χ4v) is 3.20. The van der Waals surface area contributed by atoms with Crippen molar-refractivity contribution < 1.29 is 9.59 Å².